The van der Waals surface area contributed by atoms with Crippen molar-refractivity contribution in [2.24, 2.45) is 0 Å². The fraction of sp³-hybridized carbons (Fsp3) is 0.250. The second-order valence-corrected chi connectivity index (χ2v) is 8.15. The van der Waals surface area contributed by atoms with Crippen molar-refractivity contribution in [1.82, 2.24) is 4.72 Å². The third-order valence-electron chi connectivity index (χ3n) is 3.85. The summed E-state index contributed by atoms with van der Waals surface area (Å²) in [6.07, 6.45) is -3.74. The molecule has 0 saturated heterocycles. The molecule has 1 aliphatic rings. The van der Waals surface area contributed by atoms with Crippen LogP contribution in [0.5, 0.6) is 5.75 Å². The number of hydrogen-bond acceptors (Lipinski definition) is 3. The zero-order valence-corrected chi connectivity index (χ0v) is 15.1. The van der Waals surface area contributed by atoms with Crippen molar-refractivity contribution in [3.63, 3.8) is 0 Å². The minimum Gasteiger partial charge on any atom is -0.404 e. The molecule has 4 nitrogen and oxygen atoms in total. The molecule has 0 radical (unpaired) electrons. The molecule has 1 atom stereocenters. The molecule has 0 fully saturated rings. The molecular weight excluding hydrogens is 423 g/mol. The fourth-order valence-electron chi connectivity index (χ4n) is 2.84. The Labute approximate surface area is 151 Å². The zero-order chi connectivity index (χ0) is 18.2. The highest BCUT2D eigenvalue weighted by molar-refractivity contribution is 9.10. The summed E-state index contributed by atoms with van der Waals surface area (Å²) < 4.78 is 69.7. The van der Waals surface area contributed by atoms with Crippen molar-refractivity contribution < 1.29 is 26.3 Å². The first-order valence-corrected chi connectivity index (χ1v) is 9.59. The van der Waals surface area contributed by atoms with E-state index in [1.165, 1.54) is 6.07 Å². The van der Waals surface area contributed by atoms with Crippen LogP contribution in [0, 0.1) is 0 Å². The van der Waals surface area contributed by atoms with Crippen molar-refractivity contribution in [2.75, 3.05) is 0 Å². The van der Waals surface area contributed by atoms with Gasteiger partial charge in [0, 0.05) is 10.5 Å². The Balaban J connectivity index is 1.93. The lowest BCUT2D eigenvalue weighted by molar-refractivity contribution is -0.275. The molecule has 2 aromatic rings. The molecule has 0 aliphatic heterocycles. The standard InChI is InChI=1S/C16H13BrF3NO3S/c17-11-6-8-15(14(9-11)24-16(18,19)20)25(22,23)21-13-7-5-10-3-1-2-4-12(10)13/h1-4,6,8-9,13,21H,5,7H2. The van der Waals surface area contributed by atoms with E-state index >= 15 is 0 Å². The van der Waals surface area contributed by atoms with Gasteiger partial charge < -0.3 is 4.74 Å². The number of benzene rings is 2. The quantitative estimate of drug-likeness (QED) is 0.777. The van der Waals surface area contributed by atoms with E-state index in [0.29, 0.717) is 12.8 Å². The monoisotopic (exact) mass is 435 g/mol. The van der Waals surface area contributed by atoms with Gasteiger partial charge in [-0.2, -0.15) is 0 Å². The maximum absolute atomic E-state index is 12.6. The first-order valence-electron chi connectivity index (χ1n) is 7.31. The third-order valence-corrected chi connectivity index (χ3v) is 5.86. The van der Waals surface area contributed by atoms with Crippen LogP contribution in [0.4, 0.5) is 13.2 Å². The van der Waals surface area contributed by atoms with Crippen LogP contribution < -0.4 is 9.46 Å². The van der Waals surface area contributed by atoms with E-state index in [1.807, 2.05) is 18.2 Å². The first-order chi connectivity index (χ1) is 11.7. The van der Waals surface area contributed by atoms with Gasteiger partial charge in [0.1, 0.15) is 4.90 Å². The summed E-state index contributed by atoms with van der Waals surface area (Å²) in [6, 6.07) is 10.3. The summed E-state index contributed by atoms with van der Waals surface area (Å²) in [7, 11) is -4.20. The summed E-state index contributed by atoms with van der Waals surface area (Å²) in [5.74, 6) is -0.777. The van der Waals surface area contributed by atoms with E-state index in [9.17, 15) is 21.6 Å². The lowest BCUT2D eigenvalue weighted by Crippen LogP contribution is -2.28. The predicted octanol–water partition coefficient (Wildman–Crippen LogP) is 4.31. The molecule has 0 spiro atoms. The van der Waals surface area contributed by atoms with Crippen molar-refractivity contribution in [2.45, 2.75) is 30.1 Å². The molecule has 0 amide bonds. The molecule has 1 aliphatic carbocycles. The fourth-order valence-corrected chi connectivity index (χ4v) is 4.54. The summed E-state index contributed by atoms with van der Waals surface area (Å²) in [4.78, 5) is -0.558. The molecule has 0 bridgehead atoms. The number of nitrogens with one attached hydrogen (secondary N) is 1. The van der Waals surface area contributed by atoms with Gasteiger partial charge in [-0.05, 0) is 42.2 Å². The number of aryl methyl sites for hydroxylation is 1. The number of halogens is 4. The average molecular weight is 436 g/mol. The van der Waals surface area contributed by atoms with Crippen LogP contribution >= 0.6 is 15.9 Å². The molecule has 9 heteroatoms. The Morgan fingerprint density at radius 1 is 1.16 bits per heavy atom. The van der Waals surface area contributed by atoms with E-state index in [4.69, 9.17) is 0 Å². The third kappa shape index (κ3) is 4.16. The van der Waals surface area contributed by atoms with Gasteiger partial charge in [0.05, 0.1) is 0 Å². The molecule has 3 rings (SSSR count). The van der Waals surface area contributed by atoms with Crippen LogP contribution in [0.3, 0.4) is 0 Å². The van der Waals surface area contributed by atoms with E-state index in [1.54, 1.807) is 6.07 Å². The SMILES string of the molecule is O=S(=O)(NC1CCc2ccccc21)c1ccc(Br)cc1OC(F)(F)F. The number of sulfonamides is 1. The van der Waals surface area contributed by atoms with Gasteiger partial charge >= 0.3 is 6.36 Å². The predicted molar refractivity (Wildman–Crippen MR) is 88.7 cm³/mol. The highest BCUT2D eigenvalue weighted by Gasteiger charge is 2.35. The molecule has 0 saturated carbocycles. The Kier molecular flexibility index (Phi) is 4.82. The Bertz CT molecular complexity index is 900. The number of alkyl halides is 3. The topological polar surface area (TPSA) is 55.4 Å². The highest BCUT2D eigenvalue weighted by atomic mass is 79.9. The summed E-state index contributed by atoms with van der Waals surface area (Å²) in [5.41, 5.74) is 1.86. The van der Waals surface area contributed by atoms with Gasteiger partial charge in [-0.3, -0.25) is 0 Å². The normalized spacial score (nSPS) is 17.4. The number of rotatable bonds is 4. The van der Waals surface area contributed by atoms with Crippen molar-refractivity contribution >= 4 is 26.0 Å². The van der Waals surface area contributed by atoms with Gasteiger partial charge in [0.2, 0.25) is 10.0 Å². The van der Waals surface area contributed by atoms with E-state index in [0.717, 1.165) is 23.3 Å². The summed E-state index contributed by atoms with van der Waals surface area (Å²) >= 11 is 3.02. The number of fused-ring (bicyclic) bond motifs is 1. The lowest BCUT2D eigenvalue weighted by Gasteiger charge is -2.17. The Hall–Kier alpha value is -1.58. The Morgan fingerprint density at radius 3 is 2.60 bits per heavy atom. The molecule has 2 aromatic carbocycles. The molecule has 25 heavy (non-hydrogen) atoms. The minimum atomic E-state index is -5.00. The van der Waals surface area contributed by atoms with Gasteiger partial charge in [0.15, 0.2) is 5.75 Å². The van der Waals surface area contributed by atoms with E-state index < -0.39 is 33.1 Å². The lowest BCUT2D eigenvalue weighted by atomic mass is 10.1. The van der Waals surface area contributed by atoms with Crippen molar-refractivity contribution in [3.8, 4) is 5.75 Å². The van der Waals surface area contributed by atoms with E-state index in [2.05, 4.69) is 25.4 Å². The van der Waals surface area contributed by atoms with E-state index in [-0.39, 0.29) is 4.47 Å². The highest BCUT2D eigenvalue weighted by Crippen LogP contribution is 2.35. The molecular formula is C16H13BrF3NO3S. The van der Waals surface area contributed by atoms with Crippen LogP contribution in [-0.4, -0.2) is 14.8 Å². The number of hydrogen-bond donors (Lipinski definition) is 1. The first kappa shape index (κ1) is 18.2. The number of ether oxygens (including phenoxy) is 1. The maximum Gasteiger partial charge on any atom is 0.573 e. The maximum atomic E-state index is 12.6. The van der Waals surface area contributed by atoms with Gasteiger partial charge in [-0.15, -0.1) is 13.2 Å². The van der Waals surface area contributed by atoms with Crippen LogP contribution in [-0.2, 0) is 16.4 Å². The van der Waals surface area contributed by atoms with Gasteiger partial charge in [-0.25, -0.2) is 13.1 Å². The van der Waals surface area contributed by atoms with Crippen molar-refractivity contribution in [1.29, 1.82) is 0 Å². The van der Waals surface area contributed by atoms with Crippen LogP contribution in [0.1, 0.15) is 23.6 Å². The summed E-state index contributed by atoms with van der Waals surface area (Å²) in [6.45, 7) is 0. The second kappa shape index (κ2) is 6.62. The molecule has 0 aromatic heterocycles. The largest absolute Gasteiger partial charge is 0.573 e. The van der Waals surface area contributed by atoms with Crippen LogP contribution in [0.25, 0.3) is 0 Å². The zero-order valence-electron chi connectivity index (χ0n) is 12.7. The molecule has 0 heterocycles. The van der Waals surface area contributed by atoms with Crippen molar-refractivity contribution in [3.05, 3.63) is 58.1 Å². The minimum absolute atomic E-state index is 0.275. The smallest absolute Gasteiger partial charge is 0.404 e. The summed E-state index contributed by atoms with van der Waals surface area (Å²) in [5, 5.41) is 0. The van der Waals surface area contributed by atoms with Gasteiger partial charge in [0.25, 0.3) is 0 Å². The van der Waals surface area contributed by atoms with Gasteiger partial charge in [-0.1, -0.05) is 40.2 Å². The molecule has 134 valence electrons. The second-order valence-electron chi connectivity index (χ2n) is 5.55. The van der Waals surface area contributed by atoms with Crippen LogP contribution in [0.2, 0.25) is 0 Å². The molecule has 1 unspecified atom stereocenters. The molecule has 1 N–H and O–H groups in total. The average Bonchev–Trinajstić information content (AvgIpc) is 2.88. The Morgan fingerprint density at radius 2 is 1.88 bits per heavy atom. The van der Waals surface area contributed by atoms with Crippen LogP contribution in [0.15, 0.2) is 51.8 Å².